The second-order valence-electron chi connectivity index (χ2n) is 12.9. The molecule has 2 aromatic carbocycles. The van der Waals surface area contributed by atoms with Crippen LogP contribution in [0.15, 0.2) is 74.1 Å². The van der Waals surface area contributed by atoms with Gasteiger partial charge in [0.1, 0.15) is 0 Å². The van der Waals surface area contributed by atoms with E-state index >= 15 is 0 Å². The predicted molar refractivity (Wildman–Crippen MR) is 169 cm³/mol. The molecule has 0 amide bonds. The first kappa shape index (κ1) is 30.9. The molecule has 0 spiro atoms. The van der Waals surface area contributed by atoms with Crippen LogP contribution in [0.3, 0.4) is 0 Å². The number of fused-ring (bicyclic) bond motifs is 1. The van der Waals surface area contributed by atoms with Crippen LogP contribution >= 0.6 is 24.8 Å². The van der Waals surface area contributed by atoms with Gasteiger partial charge < -0.3 is 0 Å². The van der Waals surface area contributed by atoms with Gasteiger partial charge in [0.2, 0.25) is 0 Å². The Morgan fingerprint density at radius 1 is 0.838 bits per heavy atom. The quantitative estimate of drug-likeness (QED) is 0.288. The van der Waals surface area contributed by atoms with E-state index in [1.54, 1.807) is 27.9 Å². The van der Waals surface area contributed by atoms with Gasteiger partial charge in [0.05, 0.1) is 0 Å². The zero-order valence-corrected chi connectivity index (χ0v) is 29.2. The summed E-state index contributed by atoms with van der Waals surface area (Å²) >= 11 is -3.43. The minimum absolute atomic E-state index is 0. The van der Waals surface area contributed by atoms with Crippen molar-refractivity contribution in [2.24, 2.45) is 11.8 Å². The van der Waals surface area contributed by atoms with E-state index in [1.165, 1.54) is 55.2 Å². The first-order valence-electron chi connectivity index (χ1n) is 13.9. The molecule has 5 rings (SSSR count). The zero-order chi connectivity index (χ0) is 25.0. The number of halogens is 2. The van der Waals surface area contributed by atoms with Gasteiger partial charge in [0, 0.05) is 0 Å². The van der Waals surface area contributed by atoms with Crippen molar-refractivity contribution >= 4 is 37.8 Å². The fourth-order valence-corrected chi connectivity index (χ4v) is 29.2. The standard InChI is InChI=1S/C22H23.C9H13.2CH3.2ClH.H2Si.Zr/c1-3-8-17(9-4-1)14-18-15-20-12-7-13-21(22(20)16-18)19-10-5-2-6-11-19;1-6-5-7(2)9(4)8(6)3;;;;;;/h2,5-7,10-13,15-17H,1,3-4,8-9,14H2;6H,1-4H3;2*1H3;2*1H;1H2;. The fourth-order valence-electron chi connectivity index (χ4n) is 8.17. The first-order chi connectivity index (χ1) is 16.6. The minimum Gasteiger partial charge on any atom is -0.147 e. The molecule has 37 heavy (non-hydrogen) atoms. The number of hydrogen-bond donors (Lipinski definition) is 0. The number of allylic oxidation sites excluding steroid dienone is 5. The summed E-state index contributed by atoms with van der Waals surface area (Å²) in [5.41, 5.74) is 12.5. The molecular formula is C33H46Cl2SiZr. The molecular weight excluding hydrogens is 587 g/mol. The van der Waals surface area contributed by atoms with E-state index < -0.39 is 17.4 Å². The smallest absolute Gasteiger partial charge is 0.147 e. The normalized spacial score (nSPS) is 22.4. The van der Waals surface area contributed by atoms with Crippen LogP contribution in [0.4, 0.5) is 0 Å². The van der Waals surface area contributed by atoms with Gasteiger partial charge in [-0.25, -0.2) is 0 Å². The van der Waals surface area contributed by atoms with Crippen LogP contribution in [0.5, 0.6) is 0 Å². The maximum absolute atomic E-state index is 3.43. The molecule has 1 saturated carbocycles. The molecule has 2 atom stereocenters. The summed E-state index contributed by atoms with van der Waals surface area (Å²) in [6, 6.07) is 18.3. The molecule has 0 radical (unpaired) electrons. The second-order valence-corrected chi connectivity index (χ2v) is 42.3. The maximum atomic E-state index is 2.78. The van der Waals surface area contributed by atoms with E-state index in [9.17, 15) is 0 Å². The molecule has 0 saturated heterocycles. The fraction of sp³-hybridized carbons (Fsp3) is 0.455. The van der Waals surface area contributed by atoms with Gasteiger partial charge in [-0.05, 0) is 0 Å². The predicted octanol–water partition coefficient (Wildman–Crippen LogP) is 10.2. The monoisotopic (exact) mass is 630 g/mol. The van der Waals surface area contributed by atoms with E-state index in [0.717, 1.165) is 5.92 Å². The van der Waals surface area contributed by atoms with Crippen LogP contribution < -0.4 is 0 Å². The van der Waals surface area contributed by atoms with Gasteiger partial charge >= 0.3 is 218 Å². The molecule has 3 aliphatic carbocycles. The van der Waals surface area contributed by atoms with Crippen LogP contribution in [0, 0.1) is 11.8 Å². The summed E-state index contributed by atoms with van der Waals surface area (Å²) < 4.78 is 8.06. The van der Waals surface area contributed by atoms with E-state index in [0.29, 0.717) is 9.54 Å². The Morgan fingerprint density at radius 2 is 1.49 bits per heavy atom. The van der Waals surface area contributed by atoms with Crippen LogP contribution in [-0.4, -0.2) is 6.88 Å². The van der Waals surface area contributed by atoms with Gasteiger partial charge in [-0.1, -0.05) is 0 Å². The van der Waals surface area contributed by atoms with Gasteiger partial charge in [-0.3, -0.25) is 0 Å². The van der Waals surface area contributed by atoms with E-state index in [1.807, 2.05) is 3.28 Å². The summed E-state index contributed by atoms with van der Waals surface area (Å²) in [5.74, 6) is 1.48. The van der Waals surface area contributed by atoms with Crippen LogP contribution in [-0.2, 0) is 17.4 Å². The third-order valence-electron chi connectivity index (χ3n) is 9.94. The number of hydrogen-bond acceptors (Lipinski definition) is 0. The molecule has 1 fully saturated rings. The third-order valence-corrected chi connectivity index (χ3v) is 27.2. The van der Waals surface area contributed by atoms with E-state index in [2.05, 4.69) is 98.4 Å². The van der Waals surface area contributed by atoms with Crippen molar-refractivity contribution < 1.29 is 17.4 Å². The Hall–Kier alpha value is -0.660. The van der Waals surface area contributed by atoms with Crippen molar-refractivity contribution in [1.29, 1.82) is 0 Å². The van der Waals surface area contributed by atoms with Crippen molar-refractivity contribution in [2.45, 2.75) is 79.1 Å². The molecule has 4 heteroatoms. The van der Waals surface area contributed by atoms with Crippen molar-refractivity contribution in [3.05, 3.63) is 85.2 Å². The molecule has 0 N–H and O–H groups in total. The van der Waals surface area contributed by atoms with Crippen molar-refractivity contribution in [3.8, 4) is 11.1 Å². The molecule has 200 valence electrons. The van der Waals surface area contributed by atoms with Gasteiger partial charge in [-0.2, -0.15) is 0 Å². The SMILES string of the molecule is CC1=C(C)C(C)[C]([Zr]([CH3])([CH3])(=[SiH2])[CH]2C(CC3CCCCC3)=Cc3c(-c4ccccc4)cccc32)=C1C.Cl.Cl. The number of rotatable bonds is 5. The van der Waals surface area contributed by atoms with Crippen LogP contribution in [0.25, 0.3) is 17.2 Å². The van der Waals surface area contributed by atoms with Crippen LogP contribution in [0.1, 0.15) is 81.0 Å². The molecule has 0 aromatic heterocycles. The van der Waals surface area contributed by atoms with Crippen molar-refractivity contribution in [3.63, 3.8) is 0 Å². The Balaban J connectivity index is 0.00000190. The second kappa shape index (κ2) is 11.4. The average Bonchev–Trinajstić information content (AvgIpc) is 3.31. The summed E-state index contributed by atoms with van der Waals surface area (Å²) in [4.78, 5) is 0. The maximum Gasteiger partial charge on any atom is -0.147 e. The van der Waals surface area contributed by atoms with Crippen molar-refractivity contribution in [2.75, 3.05) is 0 Å². The molecule has 3 aliphatic rings. The van der Waals surface area contributed by atoms with E-state index in [-0.39, 0.29) is 24.8 Å². The summed E-state index contributed by atoms with van der Waals surface area (Å²) in [6.07, 6.45) is 11.1. The Labute approximate surface area is 240 Å². The Morgan fingerprint density at radius 3 is 2.08 bits per heavy atom. The summed E-state index contributed by atoms with van der Waals surface area (Å²) in [5, 5.41) is 0. The Bertz CT molecular complexity index is 1320. The summed E-state index contributed by atoms with van der Waals surface area (Å²) in [6.45, 7) is 12.2. The topological polar surface area (TPSA) is 0 Å². The molecule has 0 nitrogen and oxygen atoms in total. The average molecular weight is 633 g/mol. The summed E-state index contributed by atoms with van der Waals surface area (Å²) in [7, 11) is 0. The number of benzene rings is 2. The largest absolute Gasteiger partial charge is 0.147 e. The minimum atomic E-state index is -3.43. The Kier molecular flexibility index (Phi) is 9.55. The third kappa shape index (κ3) is 5.39. The van der Waals surface area contributed by atoms with Crippen LogP contribution in [0.2, 0.25) is 9.26 Å². The first-order valence-corrected chi connectivity index (χ1v) is 27.4. The van der Waals surface area contributed by atoms with Gasteiger partial charge in [0.25, 0.3) is 0 Å². The molecule has 0 bridgehead atoms. The molecule has 0 aliphatic heterocycles. The van der Waals surface area contributed by atoms with Crippen molar-refractivity contribution in [1.82, 2.24) is 0 Å². The van der Waals surface area contributed by atoms with Gasteiger partial charge in [-0.15, -0.1) is 24.8 Å². The van der Waals surface area contributed by atoms with E-state index in [4.69, 9.17) is 0 Å². The molecule has 0 heterocycles. The molecule has 2 unspecified atom stereocenters. The molecule has 2 aromatic rings. The zero-order valence-electron chi connectivity index (χ0n) is 23.7. The van der Waals surface area contributed by atoms with Gasteiger partial charge in [0.15, 0.2) is 0 Å².